The summed E-state index contributed by atoms with van der Waals surface area (Å²) in [5.74, 6) is 1.60. The number of nitrogens with zero attached hydrogens (tertiary/aromatic N) is 2. The van der Waals surface area contributed by atoms with Crippen molar-refractivity contribution < 1.29 is 9.53 Å². The number of likely N-dealkylation sites (tertiary alicyclic amines) is 1. The molecule has 6 nitrogen and oxygen atoms in total. The van der Waals surface area contributed by atoms with Crippen LogP contribution in [0.5, 0.6) is 5.75 Å². The largest absolute Gasteiger partial charge is 0.495 e. The average Bonchev–Trinajstić information content (AvgIpc) is 2.73. The molecule has 1 aromatic rings. The van der Waals surface area contributed by atoms with Crippen molar-refractivity contribution in [2.45, 2.75) is 39.0 Å². The zero-order chi connectivity index (χ0) is 21.1. The van der Waals surface area contributed by atoms with Gasteiger partial charge in [-0.1, -0.05) is 6.92 Å². The minimum absolute atomic E-state index is 0.0157. The van der Waals surface area contributed by atoms with Crippen molar-refractivity contribution in [1.29, 1.82) is 0 Å². The van der Waals surface area contributed by atoms with Crippen LogP contribution in [0.1, 0.15) is 49.4 Å². The molecule has 0 radical (unpaired) electrons. The van der Waals surface area contributed by atoms with Crippen molar-refractivity contribution in [2.24, 2.45) is 5.92 Å². The molecule has 2 rings (SSSR count). The van der Waals surface area contributed by atoms with Crippen LogP contribution < -0.4 is 20.3 Å². The lowest BCUT2D eigenvalue weighted by Gasteiger charge is -2.29. The van der Waals surface area contributed by atoms with Gasteiger partial charge in [0, 0.05) is 25.7 Å². The number of nitrogens with one attached hydrogen (secondary N) is 2. The van der Waals surface area contributed by atoms with Crippen molar-refractivity contribution >= 4 is 11.6 Å². The fourth-order valence-electron chi connectivity index (χ4n) is 3.84. The number of ether oxygens (including phenoxy) is 1. The monoisotopic (exact) mass is 404 g/mol. The van der Waals surface area contributed by atoms with Crippen LogP contribution in [0.3, 0.4) is 0 Å². The van der Waals surface area contributed by atoms with Gasteiger partial charge in [-0.05, 0) is 89.4 Å². The van der Waals surface area contributed by atoms with E-state index in [-0.39, 0.29) is 5.91 Å². The molecule has 1 amide bonds. The van der Waals surface area contributed by atoms with Gasteiger partial charge in [0.2, 0.25) is 0 Å². The standard InChI is InChI=1S/C23H40N4O2/c1-5-14-27(3)21-17-20(8-9-22(21)29-4)23(28)25-13-7-6-12-24-18-19-10-15-26(2)16-11-19/h8-9,17,19,24H,5-7,10-16,18H2,1-4H3,(H,25,28). The molecule has 1 fully saturated rings. The van der Waals surface area contributed by atoms with Crippen LogP contribution in [0.15, 0.2) is 18.2 Å². The van der Waals surface area contributed by atoms with Crippen molar-refractivity contribution in [3.8, 4) is 5.75 Å². The zero-order valence-corrected chi connectivity index (χ0v) is 18.8. The summed E-state index contributed by atoms with van der Waals surface area (Å²) in [6.07, 6.45) is 5.72. The molecule has 164 valence electrons. The molecule has 6 heteroatoms. The first-order valence-electron chi connectivity index (χ1n) is 11.1. The summed E-state index contributed by atoms with van der Waals surface area (Å²) in [5.41, 5.74) is 1.64. The Hall–Kier alpha value is -1.79. The minimum atomic E-state index is -0.0157. The second-order valence-corrected chi connectivity index (χ2v) is 8.22. The predicted molar refractivity (Wildman–Crippen MR) is 121 cm³/mol. The van der Waals surface area contributed by atoms with Gasteiger partial charge in [0.15, 0.2) is 0 Å². The lowest BCUT2D eigenvalue weighted by Crippen LogP contribution is -2.35. The highest BCUT2D eigenvalue weighted by molar-refractivity contribution is 5.95. The quantitative estimate of drug-likeness (QED) is 0.525. The lowest BCUT2D eigenvalue weighted by molar-refractivity contribution is 0.0953. The van der Waals surface area contributed by atoms with Gasteiger partial charge in [0.1, 0.15) is 5.75 Å². The molecule has 1 aromatic carbocycles. The highest BCUT2D eigenvalue weighted by atomic mass is 16.5. The molecular formula is C23H40N4O2. The molecule has 29 heavy (non-hydrogen) atoms. The van der Waals surface area contributed by atoms with E-state index in [9.17, 15) is 4.79 Å². The number of anilines is 1. The number of carbonyl (C=O) groups is 1. The van der Waals surface area contributed by atoms with Crippen LogP contribution in [0.25, 0.3) is 0 Å². The van der Waals surface area contributed by atoms with Gasteiger partial charge in [-0.2, -0.15) is 0 Å². The Morgan fingerprint density at radius 2 is 1.97 bits per heavy atom. The van der Waals surface area contributed by atoms with Crippen LogP contribution in [0.4, 0.5) is 5.69 Å². The van der Waals surface area contributed by atoms with E-state index in [0.29, 0.717) is 12.1 Å². The molecule has 1 aliphatic heterocycles. The molecule has 0 aromatic heterocycles. The maximum Gasteiger partial charge on any atom is 0.251 e. The summed E-state index contributed by atoms with van der Waals surface area (Å²) < 4.78 is 5.45. The topological polar surface area (TPSA) is 56.8 Å². The van der Waals surface area contributed by atoms with Crippen LogP contribution in [-0.2, 0) is 0 Å². The Balaban J connectivity index is 1.66. The Morgan fingerprint density at radius 3 is 2.66 bits per heavy atom. The van der Waals surface area contributed by atoms with Gasteiger partial charge in [-0.25, -0.2) is 0 Å². The van der Waals surface area contributed by atoms with E-state index in [2.05, 4.69) is 34.4 Å². The Morgan fingerprint density at radius 1 is 1.24 bits per heavy atom. The van der Waals surface area contributed by atoms with Gasteiger partial charge in [-0.15, -0.1) is 0 Å². The molecule has 1 heterocycles. The van der Waals surface area contributed by atoms with E-state index in [4.69, 9.17) is 4.74 Å². The van der Waals surface area contributed by atoms with Crippen molar-refractivity contribution in [2.75, 3.05) is 65.4 Å². The highest BCUT2D eigenvalue weighted by Crippen LogP contribution is 2.28. The molecule has 0 bridgehead atoms. The van der Waals surface area contributed by atoms with E-state index in [1.165, 1.54) is 25.9 Å². The number of carbonyl (C=O) groups excluding carboxylic acids is 1. The van der Waals surface area contributed by atoms with Crippen molar-refractivity contribution in [3.63, 3.8) is 0 Å². The van der Waals surface area contributed by atoms with Crippen LogP contribution in [0, 0.1) is 5.92 Å². The van der Waals surface area contributed by atoms with Gasteiger partial charge < -0.3 is 25.2 Å². The molecule has 1 saturated heterocycles. The summed E-state index contributed by atoms with van der Waals surface area (Å²) in [4.78, 5) is 17.0. The Kier molecular flexibility index (Phi) is 10.3. The van der Waals surface area contributed by atoms with E-state index in [0.717, 1.165) is 56.3 Å². The summed E-state index contributed by atoms with van der Waals surface area (Å²) in [6, 6.07) is 5.64. The van der Waals surface area contributed by atoms with Crippen LogP contribution >= 0.6 is 0 Å². The van der Waals surface area contributed by atoms with Crippen LogP contribution in [-0.4, -0.2) is 71.3 Å². The van der Waals surface area contributed by atoms with Crippen molar-refractivity contribution in [3.05, 3.63) is 23.8 Å². The molecule has 0 aliphatic carbocycles. The smallest absolute Gasteiger partial charge is 0.251 e. The second kappa shape index (κ2) is 12.7. The molecule has 0 spiro atoms. The highest BCUT2D eigenvalue weighted by Gasteiger charge is 2.16. The van der Waals surface area contributed by atoms with E-state index >= 15 is 0 Å². The summed E-state index contributed by atoms with van der Waals surface area (Å²) in [6.45, 7) is 8.37. The van der Waals surface area contributed by atoms with Gasteiger partial charge in [-0.3, -0.25) is 4.79 Å². The van der Waals surface area contributed by atoms with E-state index in [1.54, 1.807) is 7.11 Å². The number of hydrogen-bond acceptors (Lipinski definition) is 5. The maximum atomic E-state index is 12.5. The normalized spacial score (nSPS) is 15.3. The third kappa shape index (κ3) is 7.86. The number of unbranched alkanes of at least 4 members (excludes halogenated alkanes) is 1. The molecule has 2 N–H and O–H groups in total. The first kappa shape index (κ1) is 23.5. The predicted octanol–water partition coefficient (Wildman–Crippen LogP) is 2.98. The van der Waals surface area contributed by atoms with E-state index in [1.807, 2.05) is 25.2 Å². The van der Waals surface area contributed by atoms with Gasteiger partial charge >= 0.3 is 0 Å². The minimum Gasteiger partial charge on any atom is -0.495 e. The summed E-state index contributed by atoms with van der Waals surface area (Å²) in [7, 11) is 5.90. The summed E-state index contributed by atoms with van der Waals surface area (Å²) in [5, 5.41) is 6.63. The maximum absolute atomic E-state index is 12.5. The lowest BCUT2D eigenvalue weighted by atomic mass is 9.97. The number of rotatable bonds is 12. The Labute approximate surface area is 177 Å². The second-order valence-electron chi connectivity index (χ2n) is 8.22. The van der Waals surface area contributed by atoms with E-state index < -0.39 is 0 Å². The fourth-order valence-corrected chi connectivity index (χ4v) is 3.84. The Bertz CT molecular complexity index is 615. The number of benzene rings is 1. The zero-order valence-electron chi connectivity index (χ0n) is 18.8. The number of methoxy groups -OCH3 is 1. The molecule has 0 unspecified atom stereocenters. The average molecular weight is 405 g/mol. The third-order valence-corrected chi connectivity index (χ3v) is 5.75. The molecule has 0 saturated carbocycles. The number of piperidine rings is 1. The first-order valence-corrected chi connectivity index (χ1v) is 11.1. The third-order valence-electron chi connectivity index (χ3n) is 5.75. The molecule has 0 atom stereocenters. The van der Waals surface area contributed by atoms with Crippen LogP contribution in [0.2, 0.25) is 0 Å². The summed E-state index contributed by atoms with van der Waals surface area (Å²) >= 11 is 0. The number of hydrogen-bond donors (Lipinski definition) is 2. The fraction of sp³-hybridized carbons (Fsp3) is 0.696. The van der Waals surface area contributed by atoms with Gasteiger partial charge in [0.25, 0.3) is 5.91 Å². The first-order chi connectivity index (χ1) is 14.0. The molecular weight excluding hydrogens is 364 g/mol. The van der Waals surface area contributed by atoms with Gasteiger partial charge in [0.05, 0.1) is 12.8 Å². The molecule has 1 aliphatic rings. The SMILES string of the molecule is CCCN(C)c1cc(C(=O)NCCCCNCC2CCN(C)CC2)ccc1OC. The number of amides is 1. The van der Waals surface area contributed by atoms with Crippen molar-refractivity contribution in [1.82, 2.24) is 15.5 Å².